The molecule has 1 aliphatic rings. The molecule has 1 saturated heterocycles. The highest BCUT2D eigenvalue weighted by Crippen LogP contribution is 2.41. The number of allylic oxidation sites excluding steroid dienone is 1. The van der Waals surface area contributed by atoms with Gasteiger partial charge in [-0.3, -0.25) is 0 Å². The van der Waals surface area contributed by atoms with Crippen LogP contribution in [-0.4, -0.2) is 36.1 Å². The van der Waals surface area contributed by atoms with E-state index in [0.717, 1.165) is 24.0 Å². The maximum atomic E-state index is 10.1. The van der Waals surface area contributed by atoms with Gasteiger partial charge in [-0.05, 0) is 34.8 Å². The predicted octanol–water partition coefficient (Wildman–Crippen LogP) is 5.94. The second-order valence-electron chi connectivity index (χ2n) is 10.7. The normalized spacial score (nSPS) is 23.5. The summed E-state index contributed by atoms with van der Waals surface area (Å²) in [5, 5.41) is 10.1. The number of benzene rings is 2. The molecule has 0 bridgehead atoms. The Balaban J connectivity index is 1.77. The second-order valence-corrected chi connectivity index (χ2v) is 10.7. The molecule has 1 heterocycles. The average Bonchev–Trinajstić information content (AvgIpc) is 3.12. The topological polar surface area (TPSA) is 47.9 Å². The number of aliphatic hydroxyl groups excluding tert-OH is 1. The van der Waals surface area contributed by atoms with Crippen molar-refractivity contribution in [1.82, 2.24) is 0 Å². The first-order chi connectivity index (χ1) is 15.7. The Kier molecular flexibility index (Phi) is 8.88. The molecule has 4 atom stereocenters. The van der Waals surface area contributed by atoms with E-state index in [2.05, 4.69) is 46.4 Å². The molecule has 0 aliphatic carbocycles. The summed E-state index contributed by atoms with van der Waals surface area (Å²) < 4.78 is 19.2. The lowest BCUT2D eigenvalue weighted by Crippen LogP contribution is -2.40. The number of hydrogen-bond acceptors (Lipinski definition) is 4. The van der Waals surface area contributed by atoms with Crippen molar-refractivity contribution in [2.45, 2.75) is 78.2 Å². The third kappa shape index (κ3) is 7.51. The number of rotatable bonds is 12. The van der Waals surface area contributed by atoms with Gasteiger partial charge in [0, 0.05) is 0 Å². The van der Waals surface area contributed by atoms with Crippen molar-refractivity contribution in [2.75, 3.05) is 6.61 Å². The first kappa shape index (κ1) is 25.6. The van der Waals surface area contributed by atoms with Gasteiger partial charge in [-0.1, -0.05) is 94.4 Å². The van der Waals surface area contributed by atoms with Crippen molar-refractivity contribution in [3.05, 3.63) is 84.4 Å². The lowest BCUT2D eigenvalue weighted by molar-refractivity contribution is -0.0853. The molecule has 4 heteroatoms. The van der Waals surface area contributed by atoms with Crippen molar-refractivity contribution in [1.29, 1.82) is 0 Å². The average molecular weight is 453 g/mol. The zero-order valence-corrected chi connectivity index (χ0v) is 20.6. The van der Waals surface area contributed by atoms with E-state index in [1.54, 1.807) is 0 Å². The summed E-state index contributed by atoms with van der Waals surface area (Å²) >= 11 is 0. The van der Waals surface area contributed by atoms with Gasteiger partial charge < -0.3 is 19.3 Å². The molecule has 0 saturated carbocycles. The maximum absolute atomic E-state index is 10.1. The molecule has 1 N–H and O–H groups in total. The van der Waals surface area contributed by atoms with Gasteiger partial charge in [0.05, 0.1) is 25.9 Å². The summed E-state index contributed by atoms with van der Waals surface area (Å²) in [6.45, 7) is 13.8. The minimum atomic E-state index is -0.414. The molecule has 1 fully saturated rings. The molecule has 2 aromatic rings. The van der Waals surface area contributed by atoms with Gasteiger partial charge in [0.15, 0.2) is 0 Å². The number of hydrogen-bond donors (Lipinski definition) is 1. The van der Waals surface area contributed by atoms with E-state index in [-0.39, 0.29) is 35.7 Å². The summed E-state index contributed by atoms with van der Waals surface area (Å²) in [7, 11) is 0. The molecule has 1 aliphatic heterocycles. The van der Waals surface area contributed by atoms with Gasteiger partial charge in [-0.2, -0.15) is 0 Å². The van der Waals surface area contributed by atoms with Gasteiger partial charge in [0.2, 0.25) is 0 Å². The fourth-order valence-electron chi connectivity index (χ4n) is 4.97. The van der Waals surface area contributed by atoms with Crippen molar-refractivity contribution < 1.29 is 19.3 Å². The zero-order chi connectivity index (χ0) is 23.9. The Morgan fingerprint density at radius 1 is 0.848 bits per heavy atom. The van der Waals surface area contributed by atoms with Crippen molar-refractivity contribution >= 4 is 0 Å². The van der Waals surface area contributed by atoms with Gasteiger partial charge in [0.25, 0.3) is 0 Å². The van der Waals surface area contributed by atoms with Crippen LogP contribution in [-0.2, 0) is 27.4 Å². The third-order valence-corrected chi connectivity index (χ3v) is 6.40. The van der Waals surface area contributed by atoms with Crippen LogP contribution < -0.4 is 0 Å². The Morgan fingerprint density at radius 2 is 1.33 bits per heavy atom. The van der Waals surface area contributed by atoms with Crippen LogP contribution in [0.5, 0.6) is 0 Å². The Bertz CT molecular complexity index is 846. The molecule has 33 heavy (non-hydrogen) atoms. The quantitative estimate of drug-likeness (QED) is 0.405. The summed E-state index contributed by atoms with van der Waals surface area (Å²) in [5.41, 5.74) is 2.23. The van der Waals surface area contributed by atoms with Crippen molar-refractivity contribution in [3.63, 3.8) is 0 Å². The van der Waals surface area contributed by atoms with E-state index in [0.29, 0.717) is 13.2 Å². The molecule has 4 nitrogen and oxygen atoms in total. The smallest absolute Gasteiger partial charge is 0.115 e. The molecule has 2 aromatic carbocycles. The van der Waals surface area contributed by atoms with Crippen LogP contribution >= 0.6 is 0 Å². The monoisotopic (exact) mass is 452 g/mol. The summed E-state index contributed by atoms with van der Waals surface area (Å²) in [6.07, 6.45) is 2.63. The maximum Gasteiger partial charge on any atom is 0.115 e. The van der Waals surface area contributed by atoms with Crippen LogP contribution in [0.1, 0.15) is 51.7 Å². The molecule has 3 rings (SSSR count). The van der Waals surface area contributed by atoms with Crippen LogP contribution in [0.2, 0.25) is 0 Å². The molecular weight excluding hydrogens is 412 g/mol. The van der Waals surface area contributed by atoms with Crippen molar-refractivity contribution in [3.8, 4) is 0 Å². The highest BCUT2D eigenvalue weighted by atomic mass is 16.6. The van der Waals surface area contributed by atoms with E-state index in [1.807, 2.05) is 54.6 Å². The molecule has 0 aromatic heterocycles. The minimum absolute atomic E-state index is 0.00500. The molecule has 0 spiro atoms. The Labute approximate surface area is 199 Å². The van der Waals surface area contributed by atoms with E-state index in [1.165, 1.54) is 0 Å². The largest absolute Gasteiger partial charge is 0.394 e. The van der Waals surface area contributed by atoms with Crippen LogP contribution in [0.25, 0.3) is 0 Å². The molecular formula is C29H40O4. The van der Waals surface area contributed by atoms with Crippen LogP contribution in [0.15, 0.2) is 73.3 Å². The first-order valence-corrected chi connectivity index (χ1v) is 11.9. The third-order valence-electron chi connectivity index (χ3n) is 6.40. The van der Waals surface area contributed by atoms with Gasteiger partial charge in [0.1, 0.15) is 18.3 Å². The van der Waals surface area contributed by atoms with Gasteiger partial charge >= 0.3 is 0 Å². The fourth-order valence-corrected chi connectivity index (χ4v) is 4.97. The lowest BCUT2D eigenvalue weighted by Gasteiger charge is -2.36. The fraction of sp³-hybridized carbons (Fsp3) is 0.517. The molecule has 0 radical (unpaired) electrons. The van der Waals surface area contributed by atoms with E-state index in [4.69, 9.17) is 14.2 Å². The standard InChI is InChI=1S/C29H40O4/c1-6-28(2,3)21-29(4,5)17-24-26(31-19-22-13-9-7-10-14-22)27(25(18-30)33-24)32-20-23-15-11-8-12-16-23/h6-16,24-27,30H,1,17-21H2,2-5H3. The highest BCUT2D eigenvalue weighted by Gasteiger charge is 2.48. The van der Waals surface area contributed by atoms with Crippen LogP contribution in [0.3, 0.4) is 0 Å². The van der Waals surface area contributed by atoms with Crippen molar-refractivity contribution in [2.24, 2.45) is 10.8 Å². The van der Waals surface area contributed by atoms with Gasteiger partial charge in [-0.25, -0.2) is 0 Å². The molecule has 0 amide bonds. The number of aliphatic hydroxyl groups is 1. The molecule has 180 valence electrons. The Morgan fingerprint density at radius 3 is 1.79 bits per heavy atom. The Hall–Kier alpha value is -1.98. The SMILES string of the molecule is C=CC(C)(C)CC(C)(C)CC1OC(CO)C(OCc2ccccc2)C1OCc1ccccc1. The van der Waals surface area contributed by atoms with Gasteiger partial charge in [-0.15, -0.1) is 6.58 Å². The first-order valence-electron chi connectivity index (χ1n) is 11.9. The predicted molar refractivity (Wildman–Crippen MR) is 133 cm³/mol. The summed E-state index contributed by atoms with van der Waals surface area (Å²) in [4.78, 5) is 0. The van der Waals surface area contributed by atoms with E-state index < -0.39 is 6.10 Å². The molecule has 4 unspecified atom stereocenters. The minimum Gasteiger partial charge on any atom is -0.394 e. The second kappa shape index (κ2) is 11.4. The van der Waals surface area contributed by atoms with E-state index >= 15 is 0 Å². The zero-order valence-electron chi connectivity index (χ0n) is 20.6. The highest BCUT2D eigenvalue weighted by molar-refractivity contribution is 5.15. The lowest BCUT2D eigenvalue weighted by atomic mass is 9.72. The van der Waals surface area contributed by atoms with Crippen LogP contribution in [0, 0.1) is 10.8 Å². The van der Waals surface area contributed by atoms with E-state index in [9.17, 15) is 5.11 Å². The van der Waals surface area contributed by atoms with Crippen LogP contribution in [0.4, 0.5) is 0 Å². The summed E-state index contributed by atoms with van der Waals surface area (Å²) in [5.74, 6) is 0. The summed E-state index contributed by atoms with van der Waals surface area (Å²) in [6, 6.07) is 20.2. The number of ether oxygens (including phenoxy) is 3.